The van der Waals surface area contributed by atoms with Crippen LogP contribution in [0.1, 0.15) is 22.2 Å². The van der Waals surface area contributed by atoms with E-state index in [1.165, 1.54) is 25.6 Å². The molecule has 0 saturated carbocycles. The molecular weight excluding hydrogens is 324 g/mol. The molecule has 0 bridgehead atoms. The fourth-order valence-electron chi connectivity index (χ4n) is 1.74. The van der Waals surface area contributed by atoms with Crippen molar-refractivity contribution in [3.8, 4) is 11.5 Å². The Balaban J connectivity index is 2.12. The van der Waals surface area contributed by atoms with Crippen LogP contribution in [0.15, 0.2) is 35.4 Å². The summed E-state index contributed by atoms with van der Waals surface area (Å²) in [4.78, 5) is 13.0. The molecule has 0 atom stereocenters. The monoisotopic (exact) mass is 338 g/mol. The SMILES string of the molecule is COc1ccc(C(=O)NN=C(C)c2ccc(Cl)s2)cc1OC. The number of thiophene rings is 1. The molecule has 1 aromatic carbocycles. The highest BCUT2D eigenvalue weighted by Crippen LogP contribution is 2.27. The number of benzene rings is 1. The number of methoxy groups -OCH3 is 2. The van der Waals surface area contributed by atoms with Gasteiger partial charge in [0, 0.05) is 5.56 Å². The van der Waals surface area contributed by atoms with Crippen molar-refractivity contribution in [2.45, 2.75) is 6.92 Å². The molecule has 7 heteroatoms. The van der Waals surface area contributed by atoms with Crippen LogP contribution < -0.4 is 14.9 Å². The van der Waals surface area contributed by atoms with Gasteiger partial charge in [-0.15, -0.1) is 11.3 Å². The van der Waals surface area contributed by atoms with E-state index in [1.54, 1.807) is 31.2 Å². The van der Waals surface area contributed by atoms with Crippen LogP contribution >= 0.6 is 22.9 Å². The molecule has 1 N–H and O–H groups in total. The second-order valence-corrected chi connectivity index (χ2v) is 6.03. The number of nitrogens with one attached hydrogen (secondary N) is 1. The number of amides is 1. The summed E-state index contributed by atoms with van der Waals surface area (Å²) in [5.74, 6) is 0.718. The van der Waals surface area contributed by atoms with E-state index in [1.807, 2.05) is 6.07 Å². The summed E-state index contributed by atoms with van der Waals surface area (Å²) in [5.41, 5.74) is 3.63. The zero-order valence-electron chi connectivity index (χ0n) is 12.3. The maximum Gasteiger partial charge on any atom is 0.271 e. The standard InChI is InChI=1S/C15H15ClN2O3S/c1-9(13-6-7-14(16)22-13)17-18-15(19)10-4-5-11(20-2)12(8-10)21-3/h4-8H,1-3H3,(H,18,19). The van der Waals surface area contributed by atoms with E-state index < -0.39 is 0 Å². The molecule has 0 radical (unpaired) electrons. The van der Waals surface area contributed by atoms with Crippen molar-refractivity contribution >= 4 is 34.6 Å². The van der Waals surface area contributed by atoms with Crippen molar-refractivity contribution in [1.82, 2.24) is 5.43 Å². The molecule has 22 heavy (non-hydrogen) atoms. The van der Waals surface area contributed by atoms with Crippen LogP contribution in [0.5, 0.6) is 11.5 Å². The van der Waals surface area contributed by atoms with E-state index in [0.29, 0.717) is 27.1 Å². The summed E-state index contributed by atoms with van der Waals surface area (Å²) < 4.78 is 11.0. The number of rotatable bonds is 5. The highest BCUT2D eigenvalue weighted by molar-refractivity contribution is 7.18. The van der Waals surface area contributed by atoms with Gasteiger partial charge in [0.25, 0.3) is 5.91 Å². The van der Waals surface area contributed by atoms with Crippen molar-refractivity contribution in [3.63, 3.8) is 0 Å². The van der Waals surface area contributed by atoms with Crippen LogP contribution in [-0.2, 0) is 0 Å². The smallest absolute Gasteiger partial charge is 0.271 e. The van der Waals surface area contributed by atoms with Crippen LogP contribution in [0, 0.1) is 0 Å². The number of carbonyl (C=O) groups is 1. The van der Waals surface area contributed by atoms with Crippen molar-refractivity contribution in [1.29, 1.82) is 0 Å². The Kier molecular flexibility index (Phi) is 5.41. The summed E-state index contributed by atoms with van der Waals surface area (Å²) >= 11 is 7.28. The molecule has 0 spiro atoms. The molecular formula is C15H15ClN2O3S. The molecule has 116 valence electrons. The number of hydrazone groups is 1. The highest BCUT2D eigenvalue weighted by Gasteiger charge is 2.10. The number of ether oxygens (including phenoxy) is 2. The van der Waals surface area contributed by atoms with Crippen LogP contribution in [0.4, 0.5) is 0 Å². The van der Waals surface area contributed by atoms with Gasteiger partial charge in [-0.05, 0) is 37.3 Å². The summed E-state index contributed by atoms with van der Waals surface area (Å²) in [6.07, 6.45) is 0. The molecule has 0 aliphatic rings. The lowest BCUT2D eigenvalue weighted by molar-refractivity contribution is 0.0954. The van der Waals surface area contributed by atoms with Gasteiger partial charge in [-0.2, -0.15) is 5.10 Å². The predicted molar refractivity (Wildman–Crippen MR) is 88.6 cm³/mol. The Morgan fingerprint density at radius 1 is 1.18 bits per heavy atom. The van der Waals surface area contributed by atoms with Gasteiger partial charge in [-0.3, -0.25) is 4.79 Å². The third-order valence-corrected chi connectivity index (χ3v) is 4.24. The first-order chi connectivity index (χ1) is 10.5. The Morgan fingerprint density at radius 3 is 2.50 bits per heavy atom. The van der Waals surface area contributed by atoms with Gasteiger partial charge in [0.2, 0.25) is 0 Å². The van der Waals surface area contributed by atoms with E-state index >= 15 is 0 Å². The van der Waals surface area contributed by atoms with Crippen LogP contribution in [-0.4, -0.2) is 25.8 Å². The van der Waals surface area contributed by atoms with Gasteiger partial charge in [0.15, 0.2) is 11.5 Å². The second kappa shape index (κ2) is 7.29. The van der Waals surface area contributed by atoms with Gasteiger partial charge >= 0.3 is 0 Å². The molecule has 2 rings (SSSR count). The first kappa shape index (κ1) is 16.3. The van der Waals surface area contributed by atoms with Crippen LogP contribution in [0.2, 0.25) is 4.34 Å². The first-order valence-corrected chi connectivity index (χ1v) is 7.57. The molecule has 1 amide bonds. The Hall–Kier alpha value is -2.05. The third-order valence-electron chi connectivity index (χ3n) is 2.90. The van der Waals surface area contributed by atoms with E-state index in [0.717, 1.165) is 4.88 Å². The summed E-state index contributed by atoms with van der Waals surface area (Å²) in [6.45, 7) is 1.80. The average Bonchev–Trinajstić information content (AvgIpc) is 2.98. The fourth-order valence-corrected chi connectivity index (χ4v) is 2.73. The third kappa shape index (κ3) is 3.78. The fraction of sp³-hybridized carbons (Fsp3) is 0.200. The largest absolute Gasteiger partial charge is 0.493 e. The van der Waals surface area contributed by atoms with Crippen molar-refractivity contribution < 1.29 is 14.3 Å². The minimum Gasteiger partial charge on any atom is -0.493 e. The minimum absolute atomic E-state index is 0.331. The number of nitrogens with zero attached hydrogens (tertiary/aromatic N) is 1. The average molecular weight is 339 g/mol. The minimum atomic E-state index is -0.331. The van der Waals surface area contributed by atoms with Crippen LogP contribution in [0.3, 0.4) is 0 Å². The lowest BCUT2D eigenvalue weighted by atomic mass is 10.2. The molecule has 5 nitrogen and oxygen atoms in total. The zero-order valence-corrected chi connectivity index (χ0v) is 13.9. The Morgan fingerprint density at radius 2 is 1.91 bits per heavy atom. The van der Waals surface area contributed by atoms with E-state index in [9.17, 15) is 4.79 Å². The predicted octanol–water partition coefficient (Wildman–Crippen LogP) is 3.57. The number of carbonyl (C=O) groups excluding carboxylic acids is 1. The van der Waals surface area contributed by atoms with Gasteiger partial charge in [-0.1, -0.05) is 11.6 Å². The normalized spacial score (nSPS) is 11.2. The van der Waals surface area contributed by atoms with E-state index in [2.05, 4.69) is 10.5 Å². The van der Waals surface area contributed by atoms with Crippen molar-refractivity contribution in [3.05, 3.63) is 45.1 Å². The van der Waals surface area contributed by atoms with Gasteiger partial charge in [0.1, 0.15) is 0 Å². The van der Waals surface area contributed by atoms with Gasteiger partial charge in [0.05, 0.1) is 29.1 Å². The zero-order chi connectivity index (χ0) is 16.1. The summed E-state index contributed by atoms with van der Waals surface area (Å²) in [7, 11) is 3.06. The molecule has 0 aliphatic carbocycles. The molecule has 2 aromatic rings. The molecule has 0 fully saturated rings. The van der Waals surface area contributed by atoms with Crippen molar-refractivity contribution in [2.24, 2.45) is 5.10 Å². The van der Waals surface area contributed by atoms with Crippen molar-refractivity contribution in [2.75, 3.05) is 14.2 Å². The molecule has 0 unspecified atom stereocenters. The lowest BCUT2D eigenvalue weighted by Gasteiger charge is -2.08. The maximum absolute atomic E-state index is 12.1. The summed E-state index contributed by atoms with van der Waals surface area (Å²) in [5, 5.41) is 4.08. The van der Waals surface area contributed by atoms with Gasteiger partial charge < -0.3 is 9.47 Å². The molecule has 1 aromatic heterocycles. The maximum atomic E-state index is 12.1. The number of hydrogen-bond donors (Lipinski definition) is 1. The number of hydrogen-bond acceptors (Lipinski definition) is 5. The lowest BCUT2D eigenvalue weighted by Crippen LogP contribution is -2.19. The van der Waals surface area contributed by atoms with E-state index in [4.69, 9.17) is 21.1 Å². The molecule has 0 aliphatic heterocycles. The van der Waals surface area contributed by atoms with E-state index in [-0.39, 0.29) is 5.91 Å². The second-order valence-electron chi connectivity index (χ2n) is 4.31. The topological polar surface area (TPSA) is 59.9 Å². The van der Waals surface area contributed by atoms with Gasteiger partial charge in [-0.25, -0.2) is 5.43 Å². The quantitative estimate of drug-likeness (QED) is 0.669. The molecule has 1 heterocycles. The Labute approximate surface area is 137 Å². The van der Waals surface area contributed by atoms with Crippen LogP contribution in [0.25, 0.3) is 0 Å². The number of halogens is 1. The summed E-state index contributed by atoms with van der Waals surface area (Å²) in [6, 6.07) is 8.55. The highest BCUT2D eigenvalue weighted by atomic mass is 35.5. The Bertz CT molecular complexity index is 713. The molecule has 0 saturated heterocycles. The first-order valence-electron chi connectivity index (χ1n) is 6.37.